The van der Waals surface area contributed by atoms with Crippen LogP contribution in [-0.4, -0.2) is 9.55 Å². The molecule has 22 heavy (non-hydrogen) atoms. The molecule has 0 spiro atoms. The minimum absolute atomic E-state index is 0.0675. The SMILES string of the molecule is Cn1c2ccc(C(C)(C)C)cc2c2nc(C(C)(C)C)ccc21. The highest BCUT2D eigenvalue weighted by Crippen LogP contribution is 2.33. The summed E-state index contributed by atoms with van der Waals surface area (Å²) >= 11 is 0. The number of pyridine rings is 1. The largest absolute Gasteiger partial charge is 0.342 e. The van der Waals surface area contributed by atoms with Crippen LogP contribution in [0.15, 0.2) is 30.3 Å². The molecule has 2 heteroatoms. The highest BCUT2D eigenvalue weighted by Gasteiger charge is 2.20. The molecule has 0 N–H and O–H groups in total. The van der Waals surface area contributed by atoms with Crippen molar-refractivity contribution in [3.8, 4) is 0 Å². The Morgan fingerprint density at radius 3 is 2.05 bits per heavy atom. The quantitative estimate of drug-likeness (QED) is 0.548. The van der Waals surface area contributed by atoms with Gasteiger partial charge in [-0.2, -0.15) is 0 Å². The van der Waals surface area contributed by atoms with E-state index in [9.17, 15) is 0 Å². The molecule has 2 aromatic heterocycles. The summed E-state index contributed by atoms with van der Waals surface area (Å²) in [5, 5.41) is 1.26. The Morgan fingerprint density at radius 2 is 1.45 bits per heavy atom. The van der Waals surface area contributed by atoms with Gasteiger partial charge < -0.3 is 4.57 Å². The number of aromatic nitrogens is 2. The zero-order valence-electron chi connectivity index (χ0n) is 14.8. The van der Waals surface area contributed by atoms with Gasteiger partial charge >= 0.3 is 0 Å². The number of nitrogens with zero attached hydrogens (tertiary/aromatic N) is 2. The predicted octanol–water partition coefficient (Wildman–Crippen LogP) is 5.32. The van der Waals surface area contributed by atoms with E-state index in [0.717, 1.165) is 11.2 Å². The fraction of sp³-hybridized carbons (Fsp3) is 0.450. The minimum atomic E-state index is 0.0675. The third-order valence-electron chi connectivity index (χ3n) is 4.48. The average Bonchev–Trinajstić information content (AvgIpc) is 2.70. The molecule has 0 aliphatic rings. The molecule has 2 heterocycles. The Balaban J connectivity index is 2.38. The third-order valence-corrected chi connectivity index (χ3v) is 4.48. The lowest BCUT2D eigenvalue weighted by atomic mass is 9.86. The molecular formula is C20H26N2. The maximum absolute atomic E-state index is 5.00. The summed E-state index contributed by atoms with van der Waals surface area (Å²) in [5.41, 5.74) is 6.30. The first-order chi connectivity index (χ1) is 10.1. The summed E-state index contributed by atoms with van der Waals surface area (Å²) in [4.78, 5) is 5.00. The van der Waals surface area contributed by atoms with Crippen molar-refractivity contribution in [2.45, 2.75) is 52.4 Å². The number of aryl methyl sites for hydroxylation is 1. The van der Waals surface area contributed by atoms with Crippen LogP contribution in [0.1, 0.15) is 52.8 Å². The maximum Gasteiger partial charge on any atom is 0.0963 e. The van der Waals surface area contributed by atoms with Crippen molar-refractivity contribution in [1.82, 2.24) is 9.55 Å². The molecule has 0 bridgehead atoms. The Bertz CT molecular complexity index is 784. The smallest absolute Gasteiger partial charge is 0.0963 e. The van der Waals surface area contributed by atoms with Gasteiger partial charge in [0.25, 0.3) is 0 Å². The van der Waals surface area contributed by atoms with Gasteiger partial charge in [-0.3, -0.25) is 0 Å². The van der Waals surface area contributed by atoms with Crippen LogP contribution in [-0.2, 0) is 17.9 Å². The van der Waals surface area contributed by atoms with Crippen LogP contribution in [0, 0.1) is 0 Å². The molecule has 0 saturated heterocycles. The van der Waals surface area contributed by atoms with E-state index in [1.165, 1.54) is 22.0 Å². The van der Waals surface area contributed by atoms with Gasteiger partial charge in [-0.05, 0) is 35.2 Å². The van der Waals surface area contributed by atoms with E-state index in [-0.39, 0.29) is 10.8 Å². The van der Waals surface area contributed by atoms with Gasteiger partial charge in [-0.25, -0.2) is 4.98 Å². The molecule has 116 valence electrons. The van der Waals surface area contributed by atoms with E-state index < -0.39 is 0 Å². The monoisotopic (exact) mass is 294 g/mol. The second kappa shape index (κ2) is 4.58. The van der Waals surface area contributed by atoms with Gasteiger partial charge in [0.05, 0.1) is 16.6 Å². The second-order valence-corrected chi connectivity index (χ2v) is 8.36. The summed E-state index contributed by atoms with van der Waals surface area (Å²) in [6.45, 7) is 13.4. The van der Waals surface area contributed by atoms with Gasteiger partial charge in [0.1, 0.15) is 0 Å². The van der Waals surface area contributed by atoms with Crippen LogP contribution in [0.3, 0.4) is 0 Å². The second-order valence-electron chi connectivity index (χ2n) is 8.36. The van der Waals surface area contributed by atoms with Crippen LogP contribution in [0.4, 0.5) is 0 Å². The van der Waals surface area contributed by atoms with E-state index in [1.54, 1.807) is 0 Å². The Morgan fingerprint density at radius 1 is 0.818 bits per heavy atom. The third kappa shape index (κ3) is 2.31. The number of hydrogen-bond acceptors (Lipinski definition) is 1. The molecule has 0 amide bonds. The standard InChI is InChI=1S/C20H26N2/c1-19(2,3)13-8-9-15-14(12-13)18-16(22(15)7)10-11-17(21-18)20(4,5)6/h8-12H,1-7H3. The van der Waals surface area contributed by atoms with Crippen LogP contribution in [0.2, 0.25) is 0 Å². The first-order valence-corrected chi connectivity index (χ1v) is 7.99. The zero-order chi connectivity index (χ0) is 16.3. The van der Waals surface area contributed by atoms with E-state index >= 15 is 0 Å². The van der Waals surface area contributed by atoms with Crippen LogP contribution >= 0.6 is 0 Å². The first-order valence-electron chi connectivity index (χ1n) is 7.99. The van der Waals surface area contributed by atoms with Crippen molar-refractivity contribution in [2.75, 3.05) is 0 Å². The Kier molecular flexibility index (Phi) is 3.14. The maximum atomic E-state index is 5.00. The zero-order valence-corrected chi connectivity index (χ0v) is 14.8. The van der Waals surface area contributed by atoms with Crippen LogP contribution in [0.25, 0.3) is 21.9 Å². The fourth-order valence-corrected chi connectivity index (χ4v) is 2.95. The van der Waals surface area contributed by atoms with Crippen molar-refractivity contribution >= 4 is 21.9 Å². The van der Waals surface area contributed by atoms with Crippen LogP contribution in [0.5, 0.6) is 0 Å². The van der Waals surface area contributed by atoms with Crippen molar-refractivity contribution in [1.29, 1.82) is 0 Å². The highest BCUT2D eigenvalue weighted by atomic mass is 15.0. The number of benzene rings is 1. The molecule has 0 radical (unpaired) electrons. The van der Waals surface area contributed by atoms with E-state index in [2.05, 4.69) is 83.5 Å². The summed E-state index contributed by atoms with van der Waals surface area (Å²) in [7, 11) is 2.12. The number of hydrogen-bond donors (Lipinski definition) is 0. The molecule has 0 atom stereocenters. The van der Waals surface area contributed by atoms with Gasteiger partial charge in [0.2, 0.25) is 0 Å². The van der Waals surface area contributed by atoms with E-state index in [1.807, 2.05) is 0 Å². The Hall–Kier alpha value is -1.83. The lowest BCUT2D eigenvalue weighted by Crippen LogP contribution is -2.13. The van der Waals surface area contributed by atoms with Gasteiger partial charge in [-0.1, -0.05) is 47.6 Å². The van der Waals surface area contributed by atoms with E-state index in [0.29, 0.717) is 0 Å². The number of fused-ring (bicyclic) bond motifs is 3. The molecule has 3 aromatic rings. The lowest BCUT2D eigenvalue weighted by Gasteiger charge is -2.19. The fourth-order valence-electron chi connectivity index (χ4n) is 2.95. The summed E-state index contributed by atoms with van der Waals surface area (Å²) < 4.78 is 2.25. The molecular weight excluding hydrogens is 268 g/mol. The van der Waals surface area contributed by atoms with Gasteiger partial charge in [0.15, 0.2) is 0 Å². The molecule has 0 fully saturated rings. The van der Waals surface area contributed by atoms with Crippen molar-refractivity contribution in [2.24, 2.45) is 7.05 Å². The molecule has 0 aliphatic heterocycles. The highest BCUT2D eigenvalue weighted by molar-refractivity contribution is 6.06. The Labute approximate surface area is 133 Å². The lowest BCUT2D eigenvalue weighted by molar-refractivity contribution is 0.571. The van der Waals surface area contributed by atoms with Crippen molar-refractivity contribution in [3.05, 3.63) is 41.6 Å². The number of rotatable bonds is 0. The average molecular weight is 294 g/mol. The van der Waals surface area contributed by atoms with Crippen LogP contribution < -0.4 is 0 Å². The first kappa shape index (κ1) is 15.1. The normalized spacial score (nSPS) is 13.2. The van der Waals surface area contributed by atoms with Gasteiger partial charge in [-0.15, -0.1) is 0 Å². The predicted molar refractivity (Wildman–Crippen MR) is 95.6 cm³/mol. The van der Waals surface area contributed by atoms with Crippen molar-refractivity contribution < 1.29 is 0 Å². The topological polar surface area (TPSA) is 17.8 Å². The molecule has 0 unspecified atom stereocenters. The van der Waals surface area contributed by atoms with Gasteiger partial charge in [0, 0.05) is 23.5 Å². The summed E-state index contributed by atoms with van der Waals surface area (Å²) in [6, 6.07) is 11.2. The molecule has 1 aromatic carbocycles. The molecule has 3 rings (SSSR count). The summed E-state index contributed by atoms with van der Waals surface area (Å²) in [5.74, 6) is 0. The molecule has 0 aliphatic carbocycles. The molecule has 0 saturated carbocycles. The van der Waals surface area contributed by atoms with Crippen molar-refractivity contribution in [3.63, 3.8) is 0 Å². The minimum Gasteiger partial charge on any atom is -0.342 e. The summed E-state index contributed by atoms with van der Waals surface area (Å²) in [6.07, 6.45) is 0. The molecule has 2 nitrogen and oxygen atoms in total. The van der Waals surface area contributed by atoms with E-state index in [4.69, 9.17) is 4.98 Å².